The van der Waals surface area contributed by atoms with Gasteiger partial charge in [0.05, 0.1) is 13.0 Å². The average Bonchev–Trinajstić information content (AvgIpc) is 2.90. The van der Waals surface area contributed by atoms with Gasteiger partial charge in [-0.25, -0.2) is 0 Å². The van der Waals surface area contributed by atoms with Crippen LogP contribution in [0.25, 0.3) is 0 Å². The van der Waals surface area contributed by atoms with Gasteiger partial charge in [0.1, 0.15) is 11.7 Å². The Morgan fingerprint density at radius 1 is 1.40 bits per heavy atom. The quantitative estimate of drug-likeness (QED) is 0.795. The van der Waals surface area contributed by atoms with Gasteiger partial charge in [0, 0.05) is 13.5 Å². The lowest BCUT2D eigenvalue weighted by Gasteiger charge is -2.29. The van der Waals surface area contributed by atoms with Crippen LogP contribution in [0.1, 0.15) is 60.9 Å². The minimum atomic E-state index is -1.12. The van der Waals surface area contributed by atoms with E-state index in [2.05, 4.69) is 5.32 Å². The molecular weight excluding hydrogens is 318 g/mol. The Bertz CT molecular complexity index is 600. The smallest absolute Gasteiger partial charge is 0.307 e. The molecule has 1 aliphatic heterocycles. The molecule has 4 atom stereocenters. The fourth-order valence-electron chi connectivity index (χ4n) is 2.76. The van der Waals surface area contributed by atoms with Crippen molar-refractivity contribution < 1.29 is 20.4 Å². The second-order valence-electron chi connectivity index (χ2n) is 7.89. The lowest BCUT2D eigenvalue weighted by Crippen LogP contribution is -2.45. The molecular formula is C20H31NO4. The molecule has 2 rings (SSSR count). The average molecular weight is 350 g/mol. The van der Waals surface area contributed by atoms with Gasteiger partial charge in [-0.3, -0.25) is 4.79 Å². The molecule has 0 aliphatic carbocycles. The highest BCUT2D eigenvalue weighted by atomic mass is 16.7. The van der Waals surface area contributed by atoms with Crippen molar-refractivity contribution in [2.24, 2.45) is 0 Å². The summed E-state index contributed by atoms with van der Waals surface area (Å²) in [5.41, 5.74) is 0.435. The van der Waals surface area contributed by atoms with Gasteiger partial charge in [0.25, 0.3) is 0 Å². The molecule has 140 valence electrons. The number of benzene rings is 1. The first kappa shape index (κ1) is 18.4. The molecule has 0 aromatic heterocycles. The molecule has 0 saturated carbocycles. The summed E-state index contributed by atoms with van der Waals surface area (Å²) in [6.45, 7) is 11.4. The molecule has 1 saturated heterocycles. The largest absolute Gasteiger partial charge is 0.460 e. The summed E-state index contributed by atoms with van der Waals surface area (Å²) < 4.78 is 25.5. The number of ether oxygens (including phenoxy) is 3. The molecule has 1 aliphatic rings. The summed E-state index contributed by atoms with van der Waals surface area (Å²) in [5.74, 6) is -1.29. The third kappa shape index (κ3) is 6.42. The maximum atomic E-state index is 12.5. The van der Waals surface area contributed by atoms with Gasteiger partial charge in [0.15, 0.2) is 5.79 Å². The minimum Gasteiger partial charge on any atom is -0.460 e. The Balaban J connectivity index is 2.17. The SMILES string of the molecule is [2H][C@H](C(=O)OC(C)(C)C)[C@H](N[C@H](C)c1ccccc1)[C@H]1COC(C)(C)O1. The van der Waals surface area contributed by atoms with Crippen LogP contribution in [-0.2, 0) is 19.0 Å². The predicted molar refractivity (Wildman–Crippen MR) is 97.1 cm³/mol. The highest BCUT2D eigenvalue weighted by Gasteiger charge is 2.39. The Hall–Kier alpha value is -1.43. The van der Waals surface area contributed by atoms with Crippen LogP contribution in [0.3, 0.4) is 0 Å². The van der Waals surface area contributed by atoms with Crippen molar-refractivity contribution in [2.75, 3.05) is 6.61 Å². The summed E-state index contributed by atoms with van der Waals surface area (Å²) in [4.78, 5) is 12.5. The van der Waals surface area contributed by atoms with Crippen molar-refractivity contribution in [1.82, 2.24) is 5.32 Å². The van der Waals surface area contributed by atoms with E-state index >= 15 is 0 Å². The molecule has 0 unspecified atom stereocenters. The lowest BCUT2D eigenvalue weighted by molar-refractivity contribution is -0.159. The van der Waals surface area contributed by atoms with E-state index in [4.69, 9.17) is 15.6 Å². The van der Waals surface area contributed by atoms with Crippen LogP contribution in [0.4, 0.5) is 0 Å². The molecule has 25 heavy (non-hydrogen) atoms. The normalized spacial score (nSPS) is 24.2. The van der Waals surface area contributed by atoms with Crippen molar-refractivity contribution in [2.45, 2.75) is 77.5 Å². The molecule has 0 amide bonds. The van der Waals surface area contributed by atoms with Gasteiger partial charge in [-0.1, -0.05) is 30.3 Å². The van der Waals surface area contributed by atoms with Gasteiger partial charge < -0.3 is 19.5 Å². The molecule has 5 heteroatoms. The third-order valence-electron chi connectivity index (χ3n) is 3.90. The Morgan fingerprint density at radius 3 is 2.56 bits per heavy atom. The summed E-state index contributed by atoms with van der Waals surface area (Å²) in [6, 6.07) is 9.30. The number of carbonyl (C=O) groups is 1. The zero-order chi connectivity index (χ0) is 19.5. The molecule has 0 radical (unpaired) electrons. The first-order chi connectivity index (χ1) is 12.0. The number of carbonyl (C=O) groups excluding carboxylic acids is 1. The highest BCUT2D eigenvalue weighted by molar-refractivity contribution is 5.70. The Labute approximate surface area is 152 Å². The number of hydrogen-bond acceptors (Lipinski definition) is 5. The van der Waals surface area contributed by atoms with Crippen molar-refractivity contribution in [3.63, 3.8) is 0 Å². The first-order valence-corrected chi connectivity index (χ1v) is 8.76. The van der Waals surface area contributed by atoms with Crippen molar-refractivity contribution in [3.8, 4) is 0 Å². The topological polar surface area (TPSA) is 56.8 Å². The number of esters is 1. The summed E-state index contributed by atoms with van der Waals surface area (Å²) in [5, 5.41) is 3.39. The fraction of sp³-hybridized carbons (Fsp3) is 0.650. The van der Waals surface area contributed by atoms with E-state index in [0.717, 1.165) is 5.56 Å². The van der Waals surface area contributed by atoms with Crippen molar-refractivity contribution in [1.29, 1.82) is 0 Å². The van der Waals surface area contributed by atoms with Crippen LogP contribution in [0.5, 0.6) is 0 Å². The zero-order valence-corrected chi connectivity index (χ0v) is 16.0. The molecule has 1 fully saturated rings. The summed E-state index contributed by atoms with van der Waals surface area (Å²) >= 11 is 0. The standard InChI is InChI=1S/C20H31NO4/c1-14(15-10-8-7-9-11-15)21-16(12-18(22)25-19(2,3)4)17-13-23-20(5,6)24-17/h7-11,14,16-17,21H,12-13H2,1-6H3/t14-,16+,17-/m1/s1/i12D/t12-,14+,16-,17+/m0. The van der Waals surface area contributed by atoms with Crippen LogP contribution < -0.4 is 5.32 Å². The van der Waals surface area contributed by atoms with Crippen LogP contribution in [0.2, 0.25) is 0 Å². The van der Waals surface area contributed by atoms with Gasteiger partial charge in [-0.05, 0) is 47.1 Å². The van der Waals surface area contributed by atoms with Gasteiger partial charge in [-0.2, -0.15) is 0 Å². The maximum Gasteiger partial charge on any atom is 0.307 e. The number of hydrogen-bond donors (Lipinski definition) is 1. The van der Waals surface area contributed by atoms with Crippen molar-refractivity contribution >= 4 is 5.97 Å². The van der Waals surface area contributed by atoms with Crippen molar-refractivity contribution in [3.05, 3.63) is 35.9 Å². The van der Waals surface area contributed by atoms with Gasteiger partial charge in [0.2, 0.25) is 0 Å². The van der Waals surface area contributed by atoms with E-state index in [1.54, 1.807) is 20.8 Å². The molecule has 1 N–H and O–H groups in total. The summed E-state index contributed by atoms with van der Waals surface area (Å²) in [7, 11) is 0. The van der Waals surface area contributed by atoms with E-state index < -0.39 is 35.9 Å². The minimum absolute atomic E-state index is 0.0520. The van der Waals surface area contributed by atoms with Gasteiger partial charge in [-0.15, -0.1) is 0 Å². The predicted octanol–water partition coefficient (Wildman–Crippen LogP) is 3.59. The van der Waals surface area contributed by atoms with Crippen LogP contribution in [0, 0.1) is 0 Å². The van der Waals surface area contributed by atoms with E-state index in [1.165, 1.54) is 0 Å². The van der Waals surface area contributed by atoms with E-state index in [0.29, 0.717) is 6.61 Å². The molecule has 1 aromatic rings. The maximum absolute atomic E-state index is 12.5. The Kier molecular flexibility index (Phi) is 5.77. The molecule has 1 heterocycles. The van der Waals surface area contributed by atoms with Crippen LogP contribution in [0.15, 0.2) is 30.3 Å². The van der Waals surface area contributed by atoms with Crippen LogP contribution >= 0.6 is 0 Å². The molecule has 1 aromatic carbocycles. The van der Waals surface area contributed by atoms with Crippen LogP contribution in [-0.4, -0.2) is 36.1 Å². The van der Waals surface area contributed by atoms with E-state index in [-0.39, 0.29) is 6.04 Å². The number of nitrogens with one attached hydrogen (secondary N) is 1. The lowest BCUT2D eigenvalue weighted by atomic mass is 10.0. The third-order valence-corrected chi connectivity index (χ3v) is 3.90. The van der Waals surface area contributed by atoms with E-state index in [9.17, 15) is 4.79 Å². The monoisotopic (exact) mass is 350 g/mol. The first-order valence-electron chi connectivity index (χ1n) is 9.34. The second kappa shape index (κ2) is 7.85. The molecule has 5 nitrogen and oxygen atoms in total. The molecule has 0 bridgehead atoms. The van der Waals surface area contributed by atoms with Gasteiger partial charge >= 0.3 is 5.97 Å². The second-order valence-corrected chi connectivity index (χ2v) is 7.89. The Morgan fingerprint density at radius 2 is 2.04 bits per heavy atom. The zero-order valence-electron chi connectivity index (χ0n) is 17.0. The summed E-state index contributed by atoms with van der Waals surface area (Å²) in [6.07, 6.45) is -1.53. The van der Waals surface area contributed by atoms with E-state index in [1.807, 2.05) is 51.1 Å². The number of rotatable bonds is 6. The molecule has 0 spiro atoms. The highest BCUT2D eigenvalue weighted by Crippen LogP contribution is 2.27. The fourth-order valence-corrected chi connectivity index (χ4v) is 2.76.